The van der Waals surface area contributed by atoms with Crippen LogP contribution in [0.4, 0.5) is 5.13 Å². The molecule has 25 heavy (non-hydrogen) atoms. The topological polar surface area (TPSA) is 92.3 Å². The lowest BCUT2D eigenvalue weighted by atomic mass is 9.85. The molecule has 134 valence electrons. The molecule has 1 aromatic rings. The Balaban J connectivity index is 1.61. The molecule has 7 nitrogen and oxygen atoms in total. The summed E-state index contributed by atoms with van der Waals surface area (Å²) in [5.41, 5.74) is 0. The monoisotopic (exact) mass is 362 g/mol. The molecule has 0 aromatic carbocycles. The van der Waals surface area contributed by atoms with Gasteiger partial charge in [0.25, 0.3) is 0 Å². The maximum Gasteiger partial charge on any atom is 0.246 e. The fourth-order valence-corrected chi connectivity index (χ4v) is 4.44. The summed E-state index contributed by atoms with van der Waals surface area (Å²) in [5.74, 6) is -1.20. The van der Waals surface area contributed by atoms with E-state index in [0.717, 1.165) is 22.7 Å². The molecule has 0 unspecified atom stereocenters. The minimum Gasteiger partial charge on any atom is -0.299 e. The smallest absolute Gasteiger partial charge is 0.246 e. The van der Waals surface area contributed by atoms with E-state index in [1.807, 2.05) is 12.2 Å². The van der Waals surface area contributed by atoms with Gasteiger partial charge in [-0.3, -0.25) is 24.6 Å². The first-order valence-corrected chi connectivity index (χ1v) is 9.50. The summed E-state index contributed by atoms with van der Waals surface area (Å²) in [6, 6.07) is 0. The number of carbonyl (C=O) groups is 3. The Morgan fingerprint density at radius 2 is 1.80 bits per heavy atom. The van der Waals surface area contributed by atoms with Gasteiger partial charge in [-0.1, -0.05) is 37.3 Å². The van der Waals surface area contributed by atoms with E-state index in [1.165, 1.54) is 11.3 Å². The summed E-state index contributed by atoms with van der Waals surface area (Å²) in [6.45, 7) is 3.92. The number of fused-ring (bicyclic) bond motifs is 1. The number of hydrogen-bond acceptors (Lipinski definition) is 6. The van der Waals surface area contributed by atoms with Gasteiger partial charge in [-0.25, -0.2) is 0 Å². The Labute approximate surface area is 150 Å². The fraction of sp³-hybridized carbons (Fsp3) is 0.588. The lowest BCUT2D eigenvalue weighted by Gasteiger charge is -2.14. The molecule has 0 spiro atoms. The highest BCUT2D eigenvalue weighted by Crippen LogP contribution is 2.35. The summed E-state index contributed by atoms with van der Waals surface area (Å²) in [4.78, 5) is 38.1. The second kappa shape index (κ2) is 7.43. The van der Waals surface area contributed by atoms with Crippen molar-refractivity contribution < 1.29 is 14.4 Å². The van der Waals surface area contributed by atoms with E-state index in [-0.39, 0.29) is 30.2 Å². The van der Waals surface area contributed by atoms with Crippen LogP contribution in [0.1, 0.15) is 50.5 Å². The number of aromatic nitrogens is 2. The van der Waals surface area contributed by atoms with Gasteiger partial charge in [0.2, 0.25) is 22.9 Å². The van der Waals surface area contributed by atoms with Crippen molar-refractivity contribution in [2.24, 2.45) is 11.8 Å². The summed E-state index contributed by atoms with van der Waals surface area (Å²) in [7, 11) is 0. The molecule has 1 aliphatic carbocycles. The van der Waals surface area contributed by atoms with Gasteiger partial charge in [0.1, 0.15) is 11.6 Å². The Bertz CT molecular complexity index is 685. The van der Waals surface area contributed by atoms with Crippen LogP contribution in [-0.2, 0) is 14.4 Å². The van der Waals surface area contributed by atoms with Crippen LogP contribution < -0.4 is 5.32 Å². The average molecular weight is 362 g/mol. The van der Waals surface area contributed by atoms with E-state index >= 15 is 0 Å². The summed E-state index contributed by atoms with van der Waals surface area (Å²) in [6.07, 6.45) is 6.93. The first kappa shape index (κ1) is 17.7. The molecule has 3 rings (SSSR count). The molecule has 1 aromatic heterocycles. The highest BCUT2D eigenvalue weighted by Gasteiger charge is 2.47. The predicted molar refractivity (Wildman–Crippen MR) is 93.9 cm³/mol. The molecular weight excluding hydrogens is 340 g/mol. The quantitative estimate of drug-likeness (QED) is 0.619. The normalized spacial score (nSPS) is 22.6. The number of rotatable bonds is 6. The minimum atomic E-state index is -0.416. The van der Waals surface area contributed by atoms with Crippen molar-refractivity contribution in [2.45, 2.75) is 45.4 Å². The SMILES string of the molecule is CCC(CC)c1nnc(NC(=O)CN2C(=O)[C@H]3CC=CC[C@H]3C2=O)s1. The van der Waals surface area contributed by atoms with Crippen LogP contribution in [0.5, 0.6) is 0 Å². The van der Waals surface area contributed by atoms with Crippen molar-refractivity contribution in [3.8, 4) is 0 Å². The van der Waals surface area contributed by atoms with Crippen LogP contribution in [0.3, 0.4) is 0 Å². The molecule has 3 amide bonds. The van der Waals surface area contributed by atoms with Crippen LogP contribution in [0, 0.1) is 11.8 Å². The third kappa shape index (κ3) is 3.49. The lowest BCUT2D eigenvalue weighted by Crippen LogP contribution is -2.38. The predicted octanol–water partition coefficient (Wildman–Crippen LogP) is 2.33. The first-order valence-electron chi connectivity index (χ1n) is 8.68. The second-order valence-corrected chi connectivity index (χ2v) is 7.43. The van der Waals surface area contributed by atoms with E-state index < -0.39 is 5.91 Å². The Morgan fingerprint density at radius 1 is 1.20 bits per heavy atom. The van der Waals surface area contributed by atoms with Crippen LogP contribution in [0.15, 0.2) is 12.2 Å². The largest absolute Gasteiger partial charge is 0.299 e. The number of likely N-dealkylation sites (tertiary alicyclic amines) is 1. The number of amides is 3. The number of nitrogens with one attached hydrogen (secondary N) is 1. The number of carbonyl (C=O) groups excluding carboxylic acids is 3. The van der Waals surface area contributed by atoms with Crippen molar-refractivity contribution in [1.29, 1.82) is 0 Å². The van der Waals surface area contributed by atoms with Gasteiger partial charge in [0.05, 0.1) is 11.8 Å². The van der Waals surface area contributed by atoms with Crippen molar-refractivity contribution in [1.82, 2.24) is 15.1 Å². The second-order valence-electron chi connectivity index (χ2n) is 6.43. The number of nitrogens with zero attached hydrogens (tertiary/aromatic N) is 3. The van der Waals surface area contributed by atoms with E-state index in [4.69, 9.17) is 0 Å². The molecule has 8 heteroatoms. The van der Waals surface area contributed by atoms with Crippen LogP contribution in [0.25, 0.3) is 0 Å². The highest BCUT2D eigenvalue weighted by atomic mass is 32.1. The maximum absolute atomic E-state index is 12.4. The van der Waals surface area contributed by atoms with Crippen molar-refractivity contribution in [2.75, 3.05) is 11.9 Å². The molecule has 0 saturated carbocycles. The van der Waals surface area contributed by atoms with Crippen LogP contribution in [-0.4, -0.2) is 39.4 Å². The van der Waals surface area contributed by atoms with Gasteiger partial charge in [0.15, 0.2) is 0 Å². The Morgan fingerprint density at radius 3 is 2.36 bits per heavy atom. The van der Waals surface area contributed by atoms with E-state index in [0.29, 0.717) is 23.9 Å². The summed E-state index contributed by atoms with van der Waals surface area (Å²) < 4.78 is 0. The minimum absolute atomic E-state index is 0.246. The van der Waals surface area contributed by atoms with Gasteiger partial charge < -0.3 is 0 Å². The molecule has 1 aliphatic heterocycles. The molecule has 2 atom stereocenters. The Kier molecular flexibility index (Phi) is 5.27. The van der Waals surface area contributed by atoms with Gasteiger partial charge in [-0.2, -0.15) is 0 Å². The average Bonchev–Trinajstić information content (AvgIpc) is 3.16. The van der Waals surface area contributed by atoms with Crippen molar-refractivity contribution in [3.05, 3.63) is 17.2 Å². The number of anilines is 1. The molecular formula is C17H22N4O3S. The van der Waals surface area contributed by atoms with Crippen molar-refractivity contribution >= 4 is 34.2 Å². The zero-order chi connectivity index (χ0) is 18.0. The molecule has 1 N–H and O–H groups in total. The van der Waals surface area contributed by atoms with Gasteiger partial charge in [-0.15, -0.1) is 10.2 Å². The van der Waals surface area contributed by atoms with E-state index in [2.05, 4.69) is 29.4 Å². The first-order chi connectivity index (χ1) is 12.0. The van der Waals surface area contributed by atoms with Gasteiger partial charge in [0, 0.05) is 5.92 Å². The number of imide groups is 1. The third-order valence-corrected chi connectivity index (χ3v) is 5.92. The molecule has 2 aliphatic rings. The van der Waals surface area contributed by atoms with E-state index in [1.54, 1.807) is 0 Å². The zero-order valence-corrected chi connectivity index (χ0v) is 15.2. The van der Waals surface area contributed by atoms with Gasteiger partial charge >= 0.3 is 0 Å². The molecule has 0 radical (unpaired) electrons. The maximum atomic E-state index is 12.4. The van der Waals surface area contributed by atoms with Crippen molar-refractivity contribution in [3.63, 3.8) is 0 Å². The number of hydrogen-bond donors (Lipinski definition) is 1. The van der Waals surface area contributed by atoms with E-state index in [9.17, 15) is 14.4 Å². The van der Waals surface area contributed by atoms with Crippen LogP contribution in [0.2, 0.25) is 0 Å². The molecule has 0 bridgehead atoms. The summed E-state index contributed by atoms with van der Waals surface area (Å²) >= 11 is 1.35. The third-order valence-electron chi connectivity index (χ3n) is 4.92. The van der Waals surface area contributed by atoms with Crippen LogP contribution >= 0.6 is 11.3 Å². The number of allylic oxidation sites excluding steroid dienone is 2. The highest BCUT2D eigenvalue weighted by molar-refractivity contribution is 7.15. The molecule has 1 fully saturated rings. The zero-order valence-electron chi connectivity index (χ0n) is 14.4. The molecule has 2 heterocycles. The van der Waals surface area contributed by atoms with Gasteiger partial charge in [-0.05, 0) is 25.7 Å². The fourth-order valence-electron chi connectivity index (χ4n) is 3.42. The summed E-state index contributed by atoms with van der Waals surface area (Å²) in [5, 5.41) is 12.1. The Hall–Kier alpha value is -2.09. The lowest BCUT2D eigenvalue weighted by molar-refractivity contribution is -0.142. The standard InChI is InChI=1S/C17H22N4O3S/c1-3-10(4-2)14-19-20-17(25-14)18-13(22)9-21-15(23)11-7-5-6-8-12(11)16(21)24/h5-6,10-12H,3-4,7-9H2,1-2H3,(H,18,20,22)/t11-,12+. The molecule has 1 saturated heterocycles.